The third kappa shape index (κ3) is 4.12. The second kappa shape index (κ2) is 7.45. The Morgan fingerprint density at radius 1 is 1.04 bits per heavy atom. The number of hydrogen-bond acceptors (Lipinski definition) is 4. The van der Waals surface area contributed by atoms with Gasteiger partial charge in [-0.05, 0) is 37.3 Å². The maximum atomic E-state index is 13.7. The minimum atomic E-state index is -0.876. The van der Waals surface area contributed by atoms with Gasteiger partial charge in [0.15, 0.2) is 0 Å². The van der Waals surface area contributed by atoms with Gasteiger partial charge in [0.25, 0.3) is 5.91 Å². The molecule has 1 aromatic heterocycles. The maximum absolute atomic E-state index is 13.7. The molecule has 5 nitrogen and oxygen atoms in total. The molecule has 0 aliphatic carbocycles. The fourth-order valence-electron chi connectivity index (χ4n) is 2.20. The Morgan fingerprint density at radius 3 is 2.54 bits per heavy atom. The molecule has 0 spiro atoms. The molecule has 0 fully saturated rings. The van der Waals surface area contributed by atoms with E-state index in [4.69, 9.17) is 11.6 Å². The fourth-order valence-corrected chi connectivity index (χ4v) is 2.38. The molecule has 0 bridgehead atoms. The van der Waals surface area contributed by atoms with Crippen molar-refractivity contribution in [3.05, 3.63) is 76.6 Å². The lowest BCUT2D eigenvalue weighted by Gasteiger charge is -2.10. The van der Waals surface area contributed by atoms with Crippen LogP contribution >= 0.6 is 11.6 Å². The van der Waals surface area contributed by atoms with Crippen LogP contribution in [0.2, 0.25) is 5.02 Å². The highest BCUT2D eigenvalue weighted by atomic mass is 35.5. The quantitative estimate of drug-likeness (QED) is 0.694. The number of hydrogen-bond donors (Lipinski definition) is 2. The number of aromatic nitrogens is 2. The summed E-state index contributed by atoms with van der Waals surface area (Å²) in [6.45, 7) is 1.69. The second-order valence-corrected chi connectivity index (χ2v) is 5.81. The van der Waals surface area contributed by atoms with E-state index in [1.54, 1.807) is 31.2 Å². The first-order chi connectivity index (χ1) is 12.4. The largest absolute Gasteiger partial charge is 0.323 e. The van der Waals surface area contributed by atoms with Crippen LogP contribution in [0, 0.1) is 18.6 Å². The van der Waals surface area contributed by atoms with Crippen molar-refractivity contribution in [2.24, 2.45) is 0 Å². The molecule has 1 heterocycles. The topological polar surface area (TPSA) is 66.9 Å². The number of amides is 1. The average Bonchev–Trinajstić information content (AvgIpc) is 2.59. The summed E-state index contributed by atoms with van der Waals surface area (Å²) in [5, 5.41) is 5.76. The van der Waals surface area contributed by atoms with E-state index < -0.39 is 17.5 Å². The summed E-state index contributed by atoms with van der Waals surface area (Å²) in [4.78, 5) is 20.7. The Bertz CT molecular complexity index is 981. The number of nitrogens with zero attached hydrogens (tertiary/aromatic N) is 2. The highest BCUT2D eigenvalue weighted by molar-refractivity contribution is 6.33. The standard InChI is InChI=1S/C18H13ClF2N4O/c1-10-8-16(17(26)23-15-7-6-11(20)9-13(15)21)25-18(22-10)24-14-5-3-2-4-12(14)19/h2-9H,1H3,(H,23,26)(H,22,24,25). The zero-order valence-electron chi connectivity index (χ0n) is 13.6. The lowest BCUT2D eigenvalue weighted by Crippen LogP contribution is -2.16. The van der Waals surface area contributed by atoms with Gasteiger partial charge in [-0.2, -0.15) is 0 Å². The average molecular weight is 375 g/mol. The third-order valence-electron chi connectivity index (χ3n) is 3.39. The summed E-state index contributed by atoms with van der Waals surface area (Å²) in [5.41, 5.74) is 0.985. The predicted molar refractivity (Wildman–Crippen MR) is 95.8 cm³/mol. The molecule has 0 atom stereocenters. The first kappa shape index (κ1) is 17.8. The van der Waals surface area contributed by atoms with Gasteiger partial charge in [0.2, 0.25) is 5.95 Å². The summed E-state index contributed by atoms with van der Waals surface area (Å²) < 4.78 is 26.7. The van der Waals surface area contributed by atoms with E-state index in [1.807, 2.05) is 0 Å². The zero-order chi connectivity index (χ0) is 18.7. The third-order valence-corrected chi connectivity index (χ3v) is 3.72. The fraction of sp³-hybridized carbons (Fsp3) is 0.0556. The molecule has 2 N–H and O–H groups in total. The van der Waals surface area contributed by atoms with Crippen molar-refractivity contribution < 1.29 is 13.6 Å². The summed E-state index contributed by atoms with van der Waals surface area (Å²) in [7, 11) is 0. The summed E-state index contributed by atoms with van der Waals surface area (Å²) in [5.74, 6) is -2.09. The molecular formula is C18H13ClF2N4O. The Balaban J connectivity index is 1.85. The van der Waals surface area contributed by atoms with Gasteiger partial charge < -0.3 is 10.6 Å². The highest BCUT2D eigenvalue weighted by Gasteiger charge is 2.14. The van der Waals surface area contributed by atoms with E-state index in [0.717, 1.165) is 12.1 Å². The number of para-hydroxylation sites is 1. The summed E-state index contributed by atoms with van der Waals surface area (Å²) in [6.07, 6.45) is 0. The zero-order valence-corrected chi connectivity index (χ0v) is 14.3. The van der Waals surface area contributed by atoms with Crippen molar-refractivity contribution in [2.75, 3.05) is 10.6 Å². The van der Waals surface area contributed by atoms with Crippen molar-refractivity contribution in [2.45, 2.75) is 6.92 Å². The van der Waals surface area contributed by atoms with Crippen molar-refractivity contribution in [3.8, 4) is 0 Å². The van der Waals surface area contributed by atoms with Gasteiger partial charge >= 0.3 is 0 Å². The van der Waals surface area contributed by atoms with Crippen LogP contribution in [-0.4, -0.2) is 15.9 Å². The van der Waals surface area contributed by atoms with E-state index >= 15 is 0 Å². The van der Waals surface area contributed by atoms with E-state index in [9.17, 15) is 13.6 Å². The van der Waals surface area contributed by atoms with Crippen LogP contribution in [0.15, 0.2) is 48.5 Å². The Labute approximate surface area is 153 Å². The van der Waals surface area contributed by atoms with Gasteiger partial charge in [0.05, 0.1) is 16.4 Å². The molecule has 3 rings (SSSR count). The molecule has 1 amide bonds. The number of carbonyl (C=O) groups is 1. The van der Waals surface area contributed by atoms with Crippen molar-refractivity contribution in [3.63, 3.8) is 0 Å². The van der Waals surface area contributed by atoms with Crippen LogP contribution in [0.25, 0.3) is 0 Å². The molecule has 0 unspecified atom stereocenters. The Kier molecular flexibility index (Phi) is 5.09. The van der Waals surface area contributed by atoms with Crippen LogP contribution in [0.1, 0.15) is 16.2 Å². The van der Waals surface area contributed by atoms with Crippen LogP contribution in [0.4, 0.5) is 26.1 Å². The molecule has 0 saturated heterocycles. The molecule has 0 radical (unpaired) electrons. The molecule has 3 aromatic rings. The predicted octanol–water partition coefficient (Wildman–Crippen LogP) is 4.71. The van der Waals surface area contributed by atoms with E-state index in [-0.39, 0.29) is 17.3 Å². The highest BCUT2D eigenvalue weighted by Crippen LogP contribution is 2.23. The maximum Gasteiger partial charge on any atom is 0.274 e. The SMILES string of the molecule is Cc1cc(C(=O)Nc2ccc(F)cc2F)nc(Nc2ccccc2Cl)n1. The number of anilines is 3. The molecular weight excluding hydrogens is 362 g/mol. The number of halogens is 3. The molecule has 26 heavy (non-hydrogen) atoms. The van der Waals surface area contributed by atoms with Crippen LogP contribution < -0.4 is 10.6 Å². The minimum absolute atomic E-state index is 0.0239. The second-order valence-electron chi connectivity index (χ2n) is 5.40. The number of aryl methyl sites for hydroxylation is 1. The first-order valence-electron chi connectivity index (χ1n) is 7.56. The van der Waals surface area contributed by atoms with Gasteiger partial charge in [-0.25, -0.2) is 18.7 Å². The van der Waals surface area contributed by atoms with Crippen LogP contribution in [0.5, 0.6) is 0 Å². The van der Waals surface area contributed by atoms with Gasteiger partial charge in [-0.15, -0.1) is 0 Å². The minimum Gasteiger partial charge on any atom is -0.323 e. The van der Waals surface area contributed by atoms with Gasteiger partial charge in [0, 0.05) is 11.8 Å². The molecule has 132 valence electrons. The normalized spacial score (nSPS) is 10.5. The van der Waals surface area contributed by atoms with E-state index in [1.165, 1.54) is 6.07 Å². The smallest absolute Gasteiger partial charge is 0.274 e. The molecule has 0 aliphatic heterocycles. The van der Waals surface area contributed by atoms with Crippen molar-refractivity contribution in [1.29, 1.82) is 0 Å². The Hall–Kier alpha value is -3.06. The monoisotopic (exact) mass is 374 g/mol. The molecule has 2 aromatic carbocycles. The van der Waals surface area contributed by atoms with Gasteiger partial charge in [0.1, 0.15) is 17.3 Å². The Morgan fingerprint density at radius 2 is 1.81 bits per heavy atom. The van der Waals surface area contributed by atoms with E-state index in [2.05, 4.69) is 20.6 Å². The number of carbonyl (C=O) groups excluding carboxylic acids is 1. The van der Waals surface area contributed by atoms with Crippen molar-refractivity contribution >= 4 is 34.8 Å². The van der Waals surface area contributed by atoms with Crippen molar-refractivity contribution in [1.82, 2.24) is 9.97 Å². The number of nitrogens with one attached hydrogen (secondary N) is 2. The van der Waals surface area contributed by atoms with E-state index in [0.29, 0.717) is 22.5 Å². The van der Waals surface area contributed by atoms with Gasteiger partial charge in [-0.3, -0.25) is 4.79 Å². The molecule has 0 aliphatic rings. The molecule has 0 saturated carbocycles. The summed E-state index contributed by atoms with van der Waals surface area (Å²) in [6, 6.07) is 11.3. The van der Waals surface area contributed by atoms with Gasteiger partial charge in [-0.1, -0.05) is 23.7 Å². The first-order valence-corrected chi connectivity index (χ1v) is 7.94. The van der Waals surface area contributed by atoms with Crippen LogP contribution in [-0.2, 0) is 0 Å². The molecule has 8 heteroatoms. The van der Waals surface area contributed by atoms with Crippen LogP contribution in [0.3, 0.4) is 0 Å². The lowest BCUT2D eigenvalue weighted by atomic mass is 10.2. The number of benzene rings is 2. The summed E-state index contributed by atoms with van der Waals surface area (Å²) >= 11 is 6.08. The lowest BCUT2D eigenvalue weighted by molar-refractivity contribution is 0.102. The number of rotatable bonds is 4.